The second-order valence-corrected chi connectivity index (χ2v) is 7.05. The van der Waals surface area contributed by atoms with E-state index in [1.807, 2.05) is 42.4 Å². The fourth-order valence-electron chi connectivity index (χ4n) is 3.62. The van der Waals surface area contributed by atoms with Crippen LogP contribution in [0.5, 0.6) is 5.75 Å². The van der Waals surface area contributed by atoms with Gasteiger partial charge in [-0.15, -0.1) is 0 Å². The van der Waals surface area contributed by atoms with Gasteiger partial charge in [0.15, 0.2) is 0 Å². The minimum atomic E-state index is 0.0229. The van der Waals surface area contributed by atoms with Gasteiger partial charge in [0.25, 0.3) is 5.91 Å². The number of ether oxygens (including phenoxy) is 1. The molecular weight excluding hydrogens is 354 g/mol. The van der Waals surface area contributed by atoms with Crippen molar-refractivity contribution in [2.75, 3.05) is 20.2 Å². The highest BCUT2D eigenvalue weighted by Gasteiger charge is 2.27. The molecule has 1 atom stereocenters. The van der Waals surface area contributed by atoms with Gasteiger partial charge in [-0.3, -0.25) is 14.5 Å². The first-order valence-corrected chi connectivity index (χ1v) is 9.38. The second kappa shape index (κ2) is 7.80. The van der Waals surface area contributed by atoms with Crippen LogP contribution in [0.3, 0.4) is 0 Å². The number of nitrogens with zero attached hydrogens (tertiary/aromatic N) is 5. The van der Waals surface area contributed by atoms with E-state index in [1.165, 1.54) is 0 Å². The van der Waals surface area contributed by atoms with Gasteiger partial charge in [0.2, 0.25) is 0 Å². The Hall–Kier alpha value is -3.22. The monoisotopic (exact) mass is 377 g/mol. The molecule has 144 valence electrons. The summed E-state index contributed by atoms with van der Waals surface area (Å²) in [5.74, 6) is 0.984. The molecule has 4 rings (SSSR count). The van der Waals surface area contributed by atoms with Gasteiger partial charge in [0, 0.05) is 44.0 Å². The molecule has 1 fully saturated rings. The molecule has 3 heterocycles. The van der Waals surface area contributed by atoms with E-state index in [-0.39, 0.29) is 11.8 Å². The van der Waals surface area contributed by atoms with Gasteiger partial charge < -0.3 is 9.64 Å². The fourth-order valence-corrected chi connectivity index (χ4v) is 3.62. The standard InChI is InChI=1S/C21H23N5O2/c1-25-13-17(10-23-25)21(27)26-8-4-6-16(14-26)20-12-22-11-19(24-20)15-5-3-7-18(9-15)28-2/h3,5,7,9-13,16H,4,6,8,14H2,1-2H3/t16-/m0/s1. The molecule has 1 saturated heterocycles. The summed E-state index contributed by atoms with van der Waals surface area (Å²) in [7, 11) is 3.46. The fraction of sp³-hybridized carbons (Fsp3) is 0.333. The maximum absolute atomic E-state index is 12.8. The number of piperidine rings is 1. The van der Waals surface area contributed by atoms with Crippen LogP contribution in [-0.4, -0.2) is 50.8 Å². The molecule has 1 aromatic carbocycles. The average Bonchev–Trinajstić information content (AvgIpc) is 3.19. The molecule has 0 aliphatic carbocycles. The SMILES string of the molecule is COc1cccc(-c2cncc([C@H]3CCCN(C(=O)c4cnn(C)c4)C3)n2)c1. The summed E-state index contributed by atoms with van der Waals surface area (Å²) >= 11 is 0. The summed E-state index contributed by atoms with van der Waals surface area (Å²) in [4.78, 5) is 23.9. The van der Waals surface area contributed by atoms with Crippen molar-refractivity contribution < 1.29 is 9.53 Å². The zero-order valence-electron chi connectivity index (χ0n) is 16.1. The number of aryl methyl sites for hydroxylation is 1. The summed E-state index contributed by atoms with van der Waals surface area (Å²) in [6.45, 7) is 1.40. The van der Waals surface area contributed by atoms with Crippen molar-refractivity contribution in [3.63, 3.8) is 0 Å². The van der Waals surface area contributed by atoms with Crippen molar-refractivity contribution in [2.24, 2.45) is 7.05 Å². The molecule has 7 nitrogen and oxygen atoms in total. The van der Waals surface area contributed by atoms with Gasteiger partial charge in [-0.05, 0) is 25.0 Å². The van der Waals surface area contributed by atoms with Crippen LogP contribution in [0.25, 0.3) is 11.3 Å². The Morgan fingerprint density at radius 2 is 2.14 bits per heavy atom. The highest BCUT2D eigenvalue weighted by atomic mass is 16.5. The van der Waals surface area contributed by atoms with Gasteiger partial charge in [0.1, 0.15) is 5.75 Å². The van der Waals surface area contributed by atoms with Crippen LogP contribution in [0, 0.1) is 0 Å². The lowest BCUT2D eigenvalue weighted by molar-refractivity contribution is 0.0705. The third-order valence-electron chi connectivity index (χ3n) is 5.10. The zero-order chi connectivity index (χ0) is 19.5. The van der Waals surface area contributed by atoms with E-state index < -0.39 is 0 Å². The van der Waals surface area contributed by atoms with E-state index >= 15 is 0 Å². The van der Waals surface area contributed by atoms with Crippen molar-refractivity contribution in [3.05, 3.63) is 60.3 Å². The largest absolute Gasteiger partial charge is 0.497 e. The number of aromatic nitrogens is 4. The van der Waals surface area contributed by atoms with E-state index in [0.29, 0.717) is 12.1 Å². The first-order chi connectivity index (χ1) is 13.6. The van der Waals surface area contributed by atoms with Crippen LogP contribution < -0.4 is 4.74 Å². The molecular formula is C21H23N5O2. The van der Waals surface area contributed by atoms with Crippen molar-refractivity contribution in [3.8, 4) is 17.0 Å². The number of rotatable bonds is 4. The Kier molecular flexibility index (Phi) is 5.06. The number of carbonyl (C=O) groups excluding carboxylic acids is 1. The molecule has 0 saturated carbocycles. The van der Waals surface area contributed by atoms with Crippen molar-refractivity contribution in [1.82, 2.24) is 24.6 Å². The number of likely N-dealkylation sites (tertiary alicyclic amines) is 1. The number of hydrogen-bond donors (Lipinski definition) is 0. The van der Waals surface area contributed by atoms with Crippen molar-refractivity contribution in [1.29, 1.82) is 0 Å². The lowest BCUT2D eigenvalue weighted by atomic mass is 9.94. The topological polar surface area (TPSA) is 73.1 Å². The van der Waals surface area contributed by atoms with Crippen LogP contribution >= 0.6 is 0 Å². The summed E-state index contributed by atoms with van der Waals surface area (Å²) in [6, 6.07) is 7.80. The van der Waals surface area contributed by atoms with Gasteiger partial charge in [-0.2, -0.15) is 5.10 Å². The second-order valence-electron chi connectivity index (χ2n) is 7.05. The van der Waals surface area contributed by atoms with Gasteiger partial charge in [0.05, 0.1) is 36.5 Å². The first-order valence-electron chi connectivity index (χ1n) is 9.38. The Bertz CT molecular complexity index is 984. The van der Waals surface area contributed by atoms with Crippen LogP contribution in [0.4, 0.5) is 0 Å². The van der Waals surface area contributed by atoms with Crippen LogP contribution in [0.2, 0.25) is 0 Å². The molecule has 0 spiro atoms. The van der Waals surface area contributed by atoms with Gasteiger partial charge in [-0.25, -0.2) is 4.98 Å². The van der Waals surface area contributed by atoms with E-state index in [4.69, 9.17) is 9.72 Å². The minimum absolute atomic E-state index is 0.0229. The lowest BCUT2D eigenvalue weighted by Crippen LogP contribution is -2.39. The molecule has 0 bridgehead atoms. The van der Waals surface area contributed by atoms with Crippen molar-refractivity contribution in [2.45, 2.75) is 18.8 Å². The molecule has 1 aliphatic rings. The maximum atomic E-state index is 12.8. The molecule has 7 heteroatoms. The number of benzene rings is 1. The average molecular weight is 377 g/mol. The molecule has 2 aromatic heterocycles. The smallest absolute Gasteiger partial charge is 0.257 e. The summed E-state index contributed by atoms with van der Waals surface area (Å²) in [5, 5.41) is 4.11. The van der Waals surface area contributed by atoms with E-state index in [2.05, 4.69) is 10.1 Å². The lowest BCUT2D eigenvalue weighted by Gasteiger charge is -2.32. The predicted molar refractivity (Wildman–Crippen MR) is 105 cm³/mol. The van der Waals surface area contributed by atoms with Gasteiger partial charge in [-0.1, -0.05) is 12.1 Å². The molecule has 0 unspecified atom stereocenters. The first kappa shape index (κ1) is 18.2. The van der Waals surface area contributed by atoms with E-state index in [0.717, 1.165) is 42.1 Å². The Morgan fingerprint density at radius 3 is 2.93 bits per heavy atom. The predicted octanol–water partition coefficient (Wildman–Crippen LogP) is 2.91. The van der Waals surface area contributed by atoms with E-state index in [9.17, 15) is 4.79 Å². The van der Waals surface area contributed by atoms with Gasteiger partial charge >= 0.3 is 0 Å². The van der Waals surface area contributed by atoms with Crippen LogP contribution in [0.1, 0.15) is 34.8 Å². The molecule has 0 N–H and O–H groups in total. The third kappa shape index (κ3) is 3.74. The molecule has 1 amide bonds. The quantitative estimate of drug-likeness (QED) is 0.699. The highest BCUT2D eigenvalue weighted by Crippen LogP contribution is 2.28. The Morgan fingerprint density at radius 1 is 1.25 bits per heavy atom. The normalized spacial score (nSPS) is 16.8. The zero-order valence-corrected chi connectivity index (χ0v) is 16.1. The minimum Gasteiger partial charge on any atom is -0.497 e. The van der Waals surface area contributed by atoms with Crippen molar-refractivity contribution >= 4 is 5.91 Å². The summed E-state index contributed by atoms with van der Waals surface area (Å²) < 4.78 is 6.96. The molecule has 0 radical (unpaired) electrons. The van der Waals surface area contributed by atoms with E-state index in [1.54, 1.807) is 30.4 Å². The Balaban J connectivity index is 1.54. The highest BCUT2D eigenvalue weighted by molar-refractivity contribution is 5.93. The summed E-state index contributed by atoms with van der Waals surface area (Å²) in [6.07, 6.45) is 8.89. The summed E-state index contributed by atoms with van der Waals surface area (Å²) in [5.41, 5.74) is 3.32. The molecule has 1 aliphatic heterocycles. The van der Waals surface area contributed by atoms with Crippen LogP contribution in [-0.2, 0) is 7.05 Å². The number of hydrogen-bond acceptors (Lipinski definition) is 5. The third-order valence-corrected chi connectivity index (χ3v) is 5.10. The number of methoxy groups -OCH3 is 1. The maximum Gasteiger partial charge on any atom is 0.257 e. The molecule has 28 heavy (non-hydrogen) atoms. The Labute approximate surface area is 164 Å². The molecule has 3 aromatic rings. The van der Waals surface area contributed by atoms with Crippen LogP contribution in [0.15, 0.2) is 49.1 Å². The number of amides is 1. The number of carbonyl (C=O) groups is 1.